The molecule has 0 atom stereocenters. The number of rotatable bonds is 6. The first-order valence-electron chi connectivity index (χ1n) is 7.57. The molecule has 1 heterocycles. The van der Waals surface area contributed by atoms with E-state index in [-0.39, 0.29) is 5.41 Å². The van der Waals surface area contributed by atoms with E-state index in [0.717, 1.165) is 38.8 Å². The van der Waals surface area contributed by atoms with E-state index in [0.29, 0.717) is 5.41 Å². The fourth-order valence-corrected chi connectivity index (χ4v) is 3.36. The van der Waals surface area contributed by atoms with Crippen LogP contribution in [-0.4, -0.2) is 32.8 Å². The third kappa shape index (κ3) is 3.25. The lowest BCUT2D eigenvalue weighted by molar-refractivity contribution is -0.105. The summed E-state index contributed by atoms with van der Waals surface area (Å²) in [5, 5.41) is 3.66. The summed E-state index contributed by atoms with van der Waals surface area (Å²) < 4.78 is 5.31. The molecule has 1 aliphatic heterocycles. The Kier molecular flexibility index (Phi) is 4.68. The molecular formula is C15H30N2O. The summed E-state index contributed by atoms with van der Waals surface area (Å²) in [6.07, 6.45) is 7.12. The first-order chi connectivity index (χ1) is 8.58. The zero-order valence-corrected chi connectivity index (χ0v) is 12.1. The van der Waals surface area contributed by atoms with Gasteiger partial charge in [0, 0.05) is 25.0 Å². The molecule has 1 aliphatic carbocycles. The van der Waals surface area contributed by atoms with Gasteiger partial charge in [0.1, 0.15) is 0 Å². The molecule has 0 spiro atoms. The van der Waals surface area contributed by atoms with Crippen LogP contribution in [-0.2, 0) is 4.74 Å². The number of nitrogens with one attached hydrogen (secondary N) is 1. The predicted octanol–water partition coefficient (Wildman–Crippen LogP) is 2.16. The summed E-state index contributed by atoms with van der Waals surface area (Å²) in [6.45, 7) is 9.37. The maximum Gasteiger partial charge on any atom is 0.0569 e. The van der Waals surface area contributed by atoms with Crippen LogP contribution in [0.5, 0.6) is 0 Å². The lowest BCUT2D eigenvalue weighted by Crippen LogP contribution is -2.55. The number of nitrogens with two attached hydrogens (primary N) is 1. The molecule has 0 bridgehead atoms. The van der Waals surface area contributed by atoms with Crippen molar-refractivity contribution in [2.45, 2.75) is 46.0 Å². The second-order valence-corrected chi connectivity index (χ2v) is 7.12. The molecule has 0 amide bonds. The topological polar surface area (TPSA) is 47.3 Å². The molecule has 0 aromatic heterocycles. The molecule has 2 fully saturated rings. The number of hydrogen-bond donors (Lipinski definition) is 2. The first-order valence-corrected chi connectivity index (χ1v) is 7.57. The van der Waals surface area contributed by atoms with Gasteiger partial charge in [-0.3, -0.25) is 0 Å². The monoisotopic (exact) mass is 254 g/mol. The molecular weight excluding hydrogens is 224 g/mol. The molecule has 0 aromatic carbocycles. The van der Waals surface area contributed by atoms with E-state index < -0.39 is 0 Å². The van der Waals surface area contributed by atoms with E-state index in [9.17, 15) is 0 Å². The van der Waals surface area contributed by atoms with Crippen LogP contribution in [0.15, 0.2) is 0 Å². The summed E-state index contributed by atoms with van der Waals surface area (Å²) in [4.78, 5) is 0. The van der Waals surface area contributed by atoms with E-state index in [4.69, 9.17) is 10.5 Å². The van der Waals surface area contributed by atoms with Crippen molar-refractivity contribution >= 4 is 0 Å². The van der Waals surface area contributed by atoms with Gasteiger partial charge < -0.3 is 15.8 Å². The second-order valence-electron chi connectivity index (χ2n) is 7.12. The van der Waals surface area contributed by atoms with Crippen LogP contribution in [0.4, 0.5) is 0 Å². The predicted molar refractivity (Wildman–Crippen MR) is 75.5 cm³/mol. The van der Waals surface area contributed by atoms with Crippen LogP contribution >= 0.6 is 0 Å². The smallest absolute Gasteiger partial charge is 0.0569 e. The van der Waals surface area contributed by atoms with Crippen molar-refractivity contribution in [3.8, 4) is 0 Å². The van der Waals surface area contributed by atoms with Gasteiger partial charge in [0.25, 0.3) is 0 Å². The van der Waals surface area contributed by atoms with Crippen LogP contribution in [0.25, 0.3) is 0 Å². The highest BCUT2D eigenvalue weighted by molar-refractivity contribution is 4.90. The number of ether oxygens (including phenoxy) is 1. The molecule has 2 aliphatic rings. The van der Waals surface area contributed by atoms with Gasteiger partial charge in [0.15, 0.2) is 0 Å². The zero-order chi connectivity index (χ0) is 13.1. The molecule has 0 unspecified atom stereocenters. The molecule has 2 rings (SSSR count). The van der Waals surface area contributed by atoms with Crippen LogP contribution < -0.4 is 11.1 Å². The van der Waals surface area contributed by atoms with Crippen LogP contribution in [0, 0.1) is 16.7 Å². The standard InChI is InChI=1S/C15H30N2O/c1-14(2,13-6-4-3-5-7-13)9-17-10-15(8-16)11-18-12-15/h13,17H,3-12,16H2,1-2H3. The Morgan fingerprint density at radius 1 is 1.22 bits per heavy atom. The van der Waals surface area contributed by atoms with Crippen molar-refractivity contribution < 1.29 is 4.74 Å². The van der Waals surface area contributed by atoms with Gasteiger partial charge in [0.05, 0.1) is 13.2 Å². The van der Waals surface area contributed by atoms with Gasteiger partial charge in [-0.15, -0.1) is 0 Å². The molecule has 0 radical (unpaired) electrons. The van der Waals surface area contributed by atoms with Gasteiger partial charge in [-0.1, -0.05) is 33.1 Å². The zero-order valence-electron chi connectivity index (χ0n) is 12.1. The third-order valence-corrected chi connectivity index (χ3v) is 5.04. The van der Waals surface area contributed by atoms with Crippen LogP contribution in [0.2, 0.25) is 0 Å². The molecule has 0 aromatic rings. The highest BCUT2D eigenvalue weighted by atomic mass is 16.5. The van der Waals surface area contributed by atoms with E-state index >= 15 is 0 Å². The Bertz CT molecular complexity index is 250. The quantitative estimate of drug-likeness (QED) is 0.763. The Morgan fingerprint density at radius 2 is 1.89 bits per heavy atom. The Balaban J connectivity index is 1.74. The Morgan fingerprint density at radius 3 is 2.39 bits per heavy atom. The van der Waals surface area contributed by atoms with E-state index in [1.165, 1.54) is 32.1 Å². The summed E-state index contributed by atoms with van der Waals surface area (Å²) in [7, 11) is 0. The summed E-state index contributed by atoms with van der Waals surface area (Å²) in [5.74, 6) is 0.894. The van der Waals surface area contributed by atoms with E-state index in [1.807, 2.05) is 0 Å². The molecule has 3 heteroatoms. The molecule has 1 saturated heterocycles. The van der Waals surface area contributed by atoms with Crippen molar-refractivity contribution in [3.05, 3.63) is 0 Å². The minimum Gasteiger partial charge on any atom is -0.380 e. The van der Waals surface area contributed by atoms with Crippen molar-refractivity contribution in [1.82, 2.24) is 5.32 Å². The van der Waals surface area contributed by atoms with Crippen molar-refractivity contribution in [3.63, 3.8) is 0 Å². The average molecular weight is 254 g/mol. The van der Waals surface area contributed by atoms with Gasteiger partial charge in [0.2, 0.25) is 0 Å². The van der Waals surface area contributed by atoms with Gasteiger partial charge in [-0.05, 0) is 24.2 Å². The summed E-state index contributed by atoms with van der Waals surface area (Å²) in [6, 6.07) is 0. The fourth-order valence-electron chi connectivity index (χ4n) is 3.36. The van der Waals surface area contributed by atoms with Gasteiger partial charge >= 0.3 is 0 Å². The second kappa shape index (κ2) is 5.89. The lowest BCUT2D eigenvalue weighted by Gasteiger charge is -2.42. The van der Waals surface area contributed by atoms with Gasteiger partial charge in [-0.2, -0.15) is 0 Å². The molecule has 3 nitrogen and oxygen atoms in total. The molecule has 3 N–H and O–H groups in total. The van der Waals surface area contributed by atoms with Crippen LogP contribution in [0.1, 0.15) is 46.0 Å². The maximum absolute atomic E-state index is 5.84. The molecule has 1 saturated carbocycles. The Labute approximate surface area is 112 Å². The average Bonchev–Trinajstić information content (AvgIpc) is 2.34. The fraction of sp³-hybridized carbons (Fsp3) is 1.00. The SMILES string of the molecule is CC(C)(CNCC1(CN)COC1)C1CCCCC1. The van der Waals surface area contributed by atoms with Gasteiger partial charge in [-0.25, -0.2) is 0 Å². The lowest BCUT2D eigenvalue weighted by atomic mass is 9.71. The molecule has 18 heavy (non-hydrogen) atoms. The van der Waals surface area contributed by atoms with Crippen molar-refractivity contribution in [1.29, 1.82) is 0 Å². The number of hydrogen-bond acceptors (Lipinski definition) is 3. The summed E-state index contributed by atoms with van der Waals surface area (Å²) in [5.41, 5.74) is 6.48. The third-order valence-electron chi connectivity index (χ3n) is 5.04. The normalized spacial score (nSPS) is 24.8. The highest BCUT2D eigenvalue weighted by Gasteiger charge is 2.38. The maximum atomic E-state index is 5.84. The van der Waals surface area contributed by atoms with E-state index in [1.54, 1.807) is 0 Å². The van der Waals surface area contributed by atoms with Crippen LogP contribution in [0.3, 0.4) is 0 Å². The minimum absolute atomic E-state index is 0.225. The molecule has 106 valence electrons. The summed E-state index contributed by atoms with van der Waals surface area (Å²) >= 11 is 0. The van der Waals surface area contributed by atoms with Crippen molar-refractivity contribution in [2.75, 3.05) is 32.8 Å². The minimum atomic E-state index is 0.225. The Hall–Kier alpha value is -0.120. The van der Waals surface area contributed by atoms with E-state index in [2.05, 4.69) is 19.2 Å². The largest absolute Gasteiger partial charge is 0.380 e. The first kappa shape index (κ1) is 14.3. The van der Waals surface area contributed by atoms with Crippen molar-refractivity contribution in [2.24, 2.45) is 22.5 Å². The highest BCUT2D eigenvalue weighted by Crippen LogP contribution is 2.38.